The molecule has 2 aromatic rings. The van der Waals surface area contributed by atoms with E-state index in [1.807, 2.05) is 0 Å². The van der Waals surface area contributed by atoms with Gasteiger partial charge < -0.3 is 0 Å². The van der Waals surface area contributed by atoms with E-state index in [-0.39, 0.29) is 26.2 Å². The number of rotatable bonds is 0. The first-order valence-corrected chi connectivity index (χ1v) is 8.45. The first-order chi connectivity index (χ1) is 8.02. The quantitative estimate of drug-likeness (QED) is 0.488. The van der Waals surface area contributed by atoms with Crippen molar-refractivity contribution in [1.82, 2.24) is 0 Å². The van der Waals surface area contributed by atoms with Crippen LogP contribution < -0.4 is 0 Å². The summed E-state index contributed by atoms with van der Waals surface area (Å²) in [5, 5.41) is 0. The van der Waals surface area contributed by atoms with Gasteiger partial charge in [-0.05, 0) is 0 Å². The van der Waals surface area contributed by atoms with Gasteiger partial charge in [-0.3, -0.25) is 0 Å². The fourth-order valence-corrected chi connectivity index (χ4v) is 1.20. The summed E-state index contributed by atoms with van der Waals surface area (Å²) in [5.41, 5.74) is 5.56. The first-order valence-electron chi connectivity index (χ1n) is 6.14. The molecule has 0 fully saturated rings. The van der Waals surface area contributed by atoms with Crippen LogP contribution in [-0.4, -0.2) is 9.52 Å². The molecule has 0 saturated carbocycles. The number of aryl methyl sites for hydroxylation is 4. The molecular weight excluding hydrogens is 311 g/mol. The summed E-state index contributed by atoms with van der Waals surface area (Å²) < 4.78 is 0. The Balaban J connectivity index is 0. The Morgan fingerprint density at radius 1 is 0.778 bits per heavy atom. The molecule has 0 aliphatic carbocycles. The van der Waals surface area contributed by atoms with Crippen LogP contribution in [0.5, 0.6) is 0 Å². The van der Waals surface area contributed by atoms with Gasteiger partial charge in [-0.15, -0.1) is 0 Å². The maximum atomic E-state index is 2.21. The molecule has 0 aliphatic rings. The maximum Gasteiger partial charge on any atom is 2.00 e. The van der Waals surface area contributed by atoms with E-state index in [0.29, 0.717) is 0 Å². The predicted molar refractivity (Wildman–Crippen MR) is 81.9 cm³/mol. The van der Waals surface area contributed by atoms with Gasteiger partial charge in [-0.25, -0.2) is 12.1 Å². The van der Waals surface area contributed by atoms with Crippen molar-refractivity contribution < 1.29 is 26.2 Å². The topological polar surface area (TPSA) is 0 Å². The summed E-state index contributed by atoms with van der Waals surface area (Å²) in [7, 11) is 0.750. The third-order valence-corrected chi connectivity index (χ3v) is 2.63. The van der Waals surface area contributed by atoms with Gasteiger partial charge in [0.15, 0.2) is 0 Å². The van der Waals surface area contributed by atoms with Crippen molar-refractivity contribution in [3.63, 3.8) is 0 Å². The summed E-state index contributed by atoms with van der Waals surface area (Å²) >= 11 is 0. The van der Waals surface area contributed by atoms with Crippen LogP contribution in [0.2, 0.25) is 13.1 Å². The zero-order chi connectivity index (χ0) is 13.3. The minimum absolute atomic E-state index is 0. The smallest absolute Gasteiger partial charge is 0.211 e. The molecule has 18 heavy (non-hydrogen) atoms. The maximum absolute atomic E-state index is 2.21. The fraction of sp³-hybridized carbons (Fsp3) is 0.375. The standard InChI is InChI=1S/2C7H9.C2H7Si.Zr/c2*1-6-4-3-5-7(6)2;1-3-2;/h2*3-5H,1-2H3;3H,1-2H3;/q2*-1;;+2. The van der Waals surface area contributed by atoms with Crippen molar-refractivity contribution in [3.8, 4) is 0 Å². The van der Waals surface area contributed by atoms with Gasteiger partial charge in [0.1, 0.15) is 0 Å². The first kappa shape index (κ1) is 20.1. The third kappa shape index (κ3) is 8.83. The van der Waals surface area contributed by atoms with Gasteiger partial charge in [-0.2, -0.15) is 46.5 Å². The van der Waals surface area contributed by atoms with Crippen molar-refractivity contribution in [2.75, 3.05) is 0 Å². The molecule has 0 N–H and O–H groups in total. The van der Waals surface area contributed by atoms with E-state index in [9.17, 15) is 0 Å². The van der Waals surface area contributed by atoms with E-state index in [4.69, 9.17) is 0 Å². The zero-order valence-electron chi connectivity index (χ0n) is 12.5. The molecule has 0 aromatic heterocycles. The average Bonchev–Trinajstić information content (AvgIpc) is 2.81. The van der Waals surface area contributed by atoms with Crippen LogP contribution in [0.3, 0.4) is 0 Å². The van der Waals surface area contributed by atoms with E-state index < -0.39 is 0 Å². The van der Waals surface area contributed by atoms with Crippen LogP contribution in [0.25, 0.3) is 0 Å². The Kier molecular flexibility index (Phi) is 13.3. The normalized spacial score (nSPS) is 8.33. The van der Waals surface area contributed by atoms with Crippen LogP contribution in [0.1, 0.15) is 22.3 Å². The SMILES string of the molecule is C[SiH]C.Cc1cc[cH-]c1C.Cc1cc[cH-]c1C.[Zr+2]. The molecule has 0 spiro atoms. The third-order valence-electron chi connectivity index (χ3n) is 2.63. The Labute approximate surface area is 134 Å². The molecule has 97 valence electrons. The summed E-state index contributed by atoms with van der Waals surface area (Å²) in [4.78, 5) is 0. The molecule has 1 radical (unpaired) electrons. The van der Waals surface area contributed by atoms with Gasteiger partial charge in [0.25, 0.3) is 0 Å². The van der Waals surface area contributed by atoms with Gasteiger partial charge >= 0.3 is 26.2 Å². The zero-order valence-corrected chi connectivity index (χ0v) is 16.2. The number of hydrogen-bond acceptors (Lipinski definition) is 0. The molecule has 0 nitrogen and oxygen atoms in total. The fourth-order valence-electron chi connectivity index (χ4n) is 1.20. The van der Waals surface area contributed by atoms with Gasteiger partial charge in [0.05, 0.1) is 0 Å². The second-order valence-electron chi connectivity index (χ2n) is 4.36. The van der Waals surface area contributed by atoms with Crippen molar-refractivity contribution in [1.29, 1.82) is 0 Å². The largest absolute Gasteiger partial charge is 2.00 e. The molecule has 2 heteroatoms. The Morgan fingerprint density at radius 2 is 1.06 bits per heavy atom. The van der Waals surface area contributed by atoms with Gasteiger partial charge in [-0.1, -0.05) is 40.8 Å². The van der Waals surface area contributed by atoms with Crippen molar-refractivity contribution >= 4 is 9.52 Å². The van der Waals surface area contributed by atoms with Crippen LogP contribution >= 0.6 is 0 Å². The van der Waals surface area contributed by atoms with Crippen LogP contribution in [0, 0.1) is 27.7 Å². The van der Waals surface area contributed by atoms with E-state index in [0.717, 1.165) is 9.52 Å². The Hall–Kier alpha value is -0.200. The van der Waals surface area contributed by atoms with E-state index in [2.05, 4.69) is 77.2 Å². The Morgan fingerprint density at radius 3 is 1.11 bits per heavy atom. The summed E-state index contributed by atoms with van der Waals surface area (Å²) in [6, 6.07) is 12.6. The van der Waals surface area contributed by atoms with E-state index >= 15 is 0 Å². The van der Waals surface area contributed by atoms with Crippen LogP contribution in [0.4, 0.5) is 0 Å². The second kappa shape index (κ2) is 11.9. The molecule has 2 rings (SSSR count). The molecule has 0 bridgehead atoms. The van der Waals surface area contributed by atoms with Crippen LogP contribution in [0.15, 0.2) is 36.4 Å². The molecule has 0 atom stereocenters. The summed E-state index contributed by atoms with van der Waals surface area (Å²) in [5.74, 6) is 0. The number of hydrogen-bond donors (Lipinski definition) is 0. The minimum atomic E-state index is 0. The van der Waals surface area contributed by atoms with Gasteiger partial charge in [0, 0.05) is 9.52 Å². The second-order valence-corrected chi connectivity index (χ2v) is 5.52. The monoisotopic (exact) mass is 335 g/mol. The van der Waals surface area contributed by atoms with Crippen LogP contribution in [-0.2, 0) is 26.2 Å². The van der Waals surface area contributed by atoms with Crippen molar-refractivity contribution in [2.24, 2.45) is 0 Å². The van der Waals surface area contributed by atoms with Gasteiger partial charge in [0.2, 0.25) is 0 Å². The predicted octanol–water partition coefficient (Wildman–Crippen LogP) is 4.56. The summed E-state index contributed by atoms with van der Waals surface area (Å²) in [6.45, 7) is 12.9. The molecule has 0 unspecified atom stereocenters. The molecule has 0 aliphatic heterocycles. The molecule has 0 saturated heterocycles. The molecule has 2 aromatic carbocycles. The molecular formula is C16H25SiZr. The van der Waals surface area contributed by atoms with E-state index in [1.165, 1.54) is 22.3 Å². The van der Waals surface area contributed by atoms with Crippen molar-refractivity contribution in [3.05, 3.63) is 58.7 Å². The minimum Gasteiger partial charge on any atom is -0.211 e. The Bertz CT molecular complexity index is 327. The summed E-state index contributed by atoms with van der Waals surface area (Å²) in [6.07, 6.45) is 0. The van der Waals surface area contributed by atoms with E-state index in [1.54, 1.807) is 0 Å². The molecule has 0 amide bonds. The van der Waals surface area contributed by atoms with Crippen molar-refractivity contribution in [2.45, 2.75) is 40.8 Å². The molecule has 0 heterocycles. The average molecular weight is 337 g/mol.